The Morgan fingerprint density at radius 1 is 1.11 bits per heavy atom. The van der Waals surface area contributed by atoms with Crippen LogP contribution in [0.25, 0.3) is 11.4 Å². The molecule has 1 heterocycles. The SMILES string of the molecule is COCc1cc(NN)nc(-c2cc(C)cc(C)c2)n1. The number of aromatic nitrogens is 2. The van der Waals surface area contributed by atoms with E-state index >= 15 is 0 Å². The first-order valence-corrected chi connectivity index (χ1v) is 6.04. The second-order valence-corrected chi connectivity index (χ2v) is 4.52. The Hall–Kier alpha value is -1.98. The summed E-state index contributed by atoms with van der Waals surface area (Å²) >= 11 is 0. The number of methoxy groups -OCH3 is 1. The molecule has 0 aliphatic carbocycles. The first-order chi connectivity index (χ1) is 9.12. The van der Waals surface area contributed by atoms with Crippen LogP contribution in [-0.4, -0.2) is 17.1 Å². The van der Waals surface area contributed by atoms with Gasteiger partial charge in [-0.1, -0.05) is 17.2 Å². The summed E-state index contributed by atoms with van der Waals surface area (Å²) < 4.78 is 5.11. The molecule has 0 unspecified atom stereocenters. The third-order valence-electron chi connectivity index (χ3n) is 2.70. The van der Waals surface area contributed by atoms with Crippen LogP contribution in [0, 0.1) is 13.8 Å². The van der Waals surface area contributed by atoms with E-state index in [1.165, 1.54) is 11.1 Å². The van der Waals surface area contributed by atoms with E-state index in [1.54, 1.807) is 13.2 Å². The van der Waals surface area contributed by atoms with Gasteiger partial charge in [0.05, 0.1) is 12.3 Å². The molecule has 0 spiro atoms. The van der Waals surface area contributed by atoms with Crippen molar-refractivity contribution in [2.45, 2.75) is 20.5 Å². The number of ether oxygens (including phenoxy) is 1. The number of aryl methyl sites for hydroxylation is 2. The number of hydrogen-bond donors (Lipinski definition) is 2. The number of anilines is 1. The van der Waals surface area contributed by atoms with Crippen molar-refractivity contribution in [3.05, 3.63) is 41.1 Å². The Labute approximate surface area is 112 Å². The molecule has 0 amide bonds. The van der Waals surface area contributed by atoms with Gasteiger partial charge in [-0.05, 0) is 26.0 Å². The van der Waals surface area contributed by atoms with E-state index in [1.807, 2.05) is 0 Å². The summed E-state index contributed by atoms with van der Waals surface area (Å²) in [6, 6.07) is 8.00. The van der Waals surface area contributed by atoms with Crippen molar-refractivity contribution in [3.8, 4) is 11.4 Å². The van der Waals surface area contributed by atoms with Gasteiger partial charge in [0.2, 0.25) is 0 Å². The minimum atomic E-state index is 0.426. The number of hydrogen-bond acceptors (Lipinski definition) is 5. The van der Waals surface area contributed by atoms with Crippen LogP contribution < -0.4 is 11.3 Å². The molecule has 0 bridgehead atoms. The number of nitrogens with zero attached hydrogens (tertiary/aromatic N) is 2. The fourth-order valence-electron chi connectivity index (χ4n) is 2.03. The molecule has 0 atom stereocenters. The van der Waals surface area contributed by atoms with E-state index in [0.29, 0.717) is 18.2 Å². The number of nitrogens with two attached hydrogens (primary N) is 1. The highest BCUT2D eigenvalue weighted by Crippen LogP contribution is 2.21. The van der Waals surface area contributed by atoms with Crippen LogP contribution in [0.15, 0.2) is 24.3 Å². The van der Waals surface area contributed by atoms with E-state index in [0.717, 1.165) is 11.3 Å². The molecular weight excluding hydrogens is 240 g/mol. The van der Waals surface area contributed by atoms with Crippen LogP contribution in [0.4, 0.5) is 5.82 Å². The zero-order valence-electron chi connectivity index (χ0n) is 11.4. The minimum Gasteiger partial charge on any atom is -0.378 e. The second-order valence-electron chi connectivity index (χ2n) is 4.52. The molecule has 1 aromatic heterocycles. The lowest BCUT2D eigenvalue weighted by atomic mass is 10.1. The van der Waals surface area contributed by atoms with Crippen molar-refractivity contribution < 1.29 is 4.74 Å². The monoisotopic (exact) mass is 258 g/mol. The van der Waals surface area contributed by atoms with Crippen molar-refractivity contribution in [2.75, 3.05) is 12.5 Å². The first kappa shape index (κ1) is 13.5. The molecule has 19 heavy (non-hydrogen) atoms. The highest BCUT2D eigenvalue weighted by Gasteiger charge is 2.07. The summed E-state index contributed by atoms with van der Waals surface area (Å²) in [6.07, 6.45) is 0. The van der Waals surface area contributed by atoms with E-state index in [-0.39, 0.29) is 0 Å². The topological polar surface area (TPSA) is 73.1 Å². The Bertz CT molecular complexity index is 563. The highest BCUT2D eigenvalue weighted by molar-refractivity contribution is 5.59. The van der Waals surface area contributed by atoms with Gasteiger partial charge in [0.1, 0.15) is 5.82 Å². The molecule has 5 heteroatoms. The summed E-state index contributed by atoms with van der Waals surface area (Å²) in [6.45, 7) is 4.53. The maximum atomic E-state index is 5.44. The third-order valence-corrected chi connectivity index (χ3v) is 2.70. The van der Waals surface area contributed by atoms with Gasteiger partial charge in [-0.3, -0.25) is 0 Å². The zero-order chi connectivity index (χ0) is 13.8. The fraction of sp³-hybridized carbons (Fsp3) is 0.286. The van der Waals surface area contributed by atoms with E-state index in [2.05, 4.69) is 47.4 Å². The molecule has 2 aromatic rings. The summed E-state index contributed by atoms with van der Waals surface area (Å²) in [5, 5.41) is 0. The standard InChI is InChI=1S/C14H18N4O/c1-9-4-10(2)6-11(5-9)14-16-12(8-19-3)7-13(17-14)18-15/h4-7H,8,15H2,1-3H3,(H,16,17,18). The Kier molecular flexibility index (Phi) is 4.09. The summed E-state index contributed by atoms with van der Waals surface area (Å²) in [5.41, 5.74) is 6.69. The van der Waals surface area contributed by atoms with Gasteiger partial charge in [0, 0.05) is 18.7 Å². The number of benzene rings is 1. The molecule has 0 aliphatic heterocycles. The Morgan fingerprint density at radius 2 is 1.79 bits per heavy atom. The van der Waals surface area contributed by atoms with Gasteiger partial charge in [-0.15, -0.1) is 0 Å². The molecule has 0 saturated carbocycles. The highest BCUT2D eigenvalue weighted by atomic mass is 16.5. The maximum absolute atomic E-state index is 5.44. The van der Waals surface area contributed by atoms with Crippen molar-refractivity contribution in [1.82, 2.24) is 9.97 Å². The smallest absolute Gasteiger partial charge is 0.161 e. The second kappa shape index (κ2) is 5.77. The van der Waals surface area contributed by atoms with Crippen LogP contribution in [0.5, 0.6) is 0 Å². The zero-order valence-corrected chi connectivity index (χ0v) is 11.4. The lowest BCUT2D eigenvalue weighted by molar-refractivity contribution is 0.181. The van der Waals surface area contributed by atoms with Crippen LogP contribution in [0.1, 0.15) is 16.8 Å². The molecule has 100 valence electrons. The van der Waals surface area contributed by atoms with Gasteiger partial charge in [0.15, 0.2) is 5.82 Å². The van der Waals surface area contributed by atoms with E-state index in [4.69, 9.17) is 10.6 Å². The van der Waals surface area contributed by atoms with E-state index in [9.17, 15) is 0 Å². The van der Waals surface area contributed by atoms with E-state index < -0.39 is 0 Å². The van der Waals surface area contributed by atoms with Gasteiger partial charge in [-0.25, -0.2) is 15.8 Å². The summed E-state index contributed by atoms with van der Waals surface area (Å²) in [5.74, 6) is 6.67. The normalized spacial score (nSPS) is 10.5. The number of hydrazine groups is 1. The predicted octanol–water partition coefficient (Wildman–Crippen LogP) is 2.19. The third kappa shape index (κ3) is 3.27. The Morgan fingerprint density at radius 3 is 2.37 bits per heavy atom. The average molecular weight is 258 g/mol. The van der Waals surface area contributed by atoms with Gasteiger partial charge in [-0.2, -0.15) is 0 Å². The molecular formula is C14H18N4O. The first-order valence-electron chi connectivity index (χ1n) is 6.04. The molecule has 0 aliphatic rings. The quantitative estimate of drug-likeness (QED) is 0.649. The maximum Gasteiger partial charge on any atom is 0.161 e. The molecule has 0 saturated heterocycles. The number of nitrogen functional groups attached to an aromatic ring is 1. The van der Waals surface area contributed by atoms with Crippen molar-refractivity contribution >= 4 is 5.82 Å². The van der Waals surface area contributed by atoms with Crippen LogP contribution in [0.2, 0.25) is 0 Å². The van der Waals surface area contributed by atoms with Gasteiger partial charge in [0.25, 0.3) is 0 Å². The number of nitrogens with one attached hydrogen (secondary N) is 1. The van der Waals surface area contributed by atoms with Crippen molar-refractivity contribution in [1.29, 1.82) is 0 Å². The summed E-state index contributed by atoms with van der Waals surface area (Å²) in [7, 11) is 1.63. The molecule has 1 aromatic carbocycles. The van der Waals surface area contributed by atoms with Gasteiger partial charge >= 0.3 is 0 Å². The fourth-order valence-corrected chi connectivity index (χ4v) is 2.03. The lowest BCUT2D eigenvalue weighted by Gasteiger charge is -2.08. The molecule has 0 radical (unpaired) electrons. The Balaban J connectivity index is 2.50. The van der Waals surface area contributed by atoms with Crippen LogP contribution >= 0.6 is 0 Å². The van der Waals surface area contributed by atoms with Crippen LogP contribution in [-0.2, 0) is 11.3 Å². The average Bonchev–Trinajstić information content (AvgIpc) is 2.37. The largest absolute Gasteiger partial charge is 0.378 e. The molecule has 0 fully saturated rings. The minimum absolute atomic E-state index is 0.426. The molecule has 3 N–H and O–H groups in total. The lowest BCUT2D eigenvalue weighted by Crippen LogP contribution is -2.11. The molecule has 2 rings (SSSR count). The number of rotatable bonds is 4. The van der Waals surface area contributed by atoms with Gasteiger partial charge < -0.3 is 10.2 Å². The predicted molar refractivity (Wildman–Crippen MR) is 75.5 cm³/mol. The van der Waals surface area contributed by atoms with Crippen molar-refractivity contribution in [2.24, 2.45) is 5.84 Å². The molecule has 5 nitrogen and oxygen atoms in total. The van der Waals surface area contributed by atoms with Crippen LogP contribution in [0.3, 0.4) is 0 Å². The summed E-state index contributed by atoms with van der Waals surface area (Å²) in [4.78, 5) is 8.88. The van der Waals surface area contributed by atoms with Crippen molar-refractivity contribution in [3.63, 3.8) is 0 Å².